The van der Waals surface area contributed by atoms with E-state index in [2.05, 4.69) is 25.2 Å². The zero-order valence-electron chi connectivity index (χ0n) is 15.8. The fraction of sp³-hybridized carbons (Fsp3) is 0.864. The van der Waals surface area contributed by atoms with Gasteiger partial charge < -0.3 is 11.2 Å². The Labute approximate surface area is 175 Å². The van der Waals surface area contributed by atoms with Crippen LogP contribution in [0, 0.1) is 47.9 Å². The summed E-state index contributed by atoms with van der Waals surface area (Å²) in [5.41, 5.74) is 0. The number of rotatable bonds is 2. The van der Waals surface area contributed by atoms with Crippen molar-refractivity contribution < 1.29 is 37.4 Å². The van der Waals surface area contributed by atoms with Crippen molar-refractivity contribution in [3.63, 3.8) is 0 Å². The molecule has 0 spiro atoms. The Hall–Kier alpha value is 0.624. The second-order valence-electron chi connectivity index (χ2n) is 8.43. The maximum Gasteiger partial charge on any atom is 0.0357 e. The number of hydrogen-bond donors (Lipinski definition) is 0. The predicted molar refractivity (Wildman–Crippen MR) is 96.8 cm³/mol. The quantitative estimate of drug-likeness (QED) is 0.428. The Morgan fingerprint density at radius 3 is 1.96 bits per heavy atom. The van der Waals surface area contributed by atoms with E-state index in [1.54, 1.807) is 0 Å². The minimum absolute atomic E-state index is 0. The van der Waals surface area contributed by atoms with Gasteiger partial charge in [0.2, 0.25) is 0 Å². The molecule has 3 aliphatic rings. The van der Waals surface area contributed by atoms with E-state index in [1.165, 1.54) is 64.2 Å². The molecule has 0 amide bonds. The normalized spacial score (nSPS) is 40.1. The zero-order chi connectivity index (χ0) is 16.1. The van der Waals surface area contributed by atoms with Crippen LogP contribution >= 0.6 is 0 Å². The molecule has 0 aliphatic heterocycles. The van der Waals surface area contributed by atoms with Crippen LogP contribution in [0.5, 0.6) is 0 Å². The maximum absolute atomic E-state index is 5.43. The minimum Gasteiger partial charge on any atom is -0.384 e. The first kappa shape index (κ1) is 20.9. The topological polar surface area (TPSA) is 9.23 Å². The van der Waals surface area contributed by atoms with Gasteiger partial charge in [0.05, 0.1) is 0 Å². The second-order valence-corrected chi connectivity index (χ2v) is 8.43. The summed E-state index contributed by atoms with van der Waals surface area (Å²) in [5.74, 6) is 11.5. The van der Waals surface area contributed by atoms with Crippen molar-refractivity contribution in [2.24, 2.45) is 29.6 Å². The van der Waals surface area contributed by atoms with Gasteiger partial charge in [0, 0.05) is 51.8 Å². The molecule has 24 heavy (non-hydrogen) atoms. The van der Waals surface area contributed by atoms with Crippen LogP contribution in [0.2, 0.25) is 0 Å². The smallest absolute Gasteiger partial charge is 0.0357 e. The summed E-state index contributed by atoms with van der Waals surface area (Å²) in [7, 11) is 1.83. The first-order valence-corrected chi connectivity index (χ1v) is 10.1. The summed E-state index contributed by atoms with van der Waals surface area (Å²) in [6, 6.07) is 0. The molecule has 0 aromatic carbocycles. The molecule has 3 aliphatic carbocycles. The third-order valence-corrected chi connectivity index (χ3v) is 6.79. The molecule has 3 fully saturated rings. The van der Waals surface area contributed by atoms with Crippen molar-refractivity contribution >= 4 is 0 Å². The molecule has 0 N–H and O–H groups in total. The number of hydrogen-bond acceptors (Lipinski definition) is 1. The Morgan fingerprint density at radius 2 is 1.42 bits per heavy atom. The molecule has 1 nitrogen and oxygen atoms in total. The number of methoxy groups -OCH3 is 1. The minimum atomic E-state index is 0. The van der Waals surface area contributed by atoms with E-state index in [9.17, 15) is 0 Å². The monoisotopic (exact) mass is 404 g/mol. The van der Waals surface area contributed by atoms with Crippen LogP contribution in [0.25, 0.3) is 0 Å². The largest absolute Gasteiger partial charge is 0.384 e. The van der Waals surface area contributed by atoms with Crippen LogP contribution in [0.3, 0.4) is 0 Å². The summed E-state index contributed by atoms with van der Waals surface area (Å²) in [6.07, 6.45) is 17.9. The third kappa shape index (κ3) is 6.11. The molecule has 133 valence electrons. The van der Waals surface area contributed by atoms with Crippen molar-refractivity contribution in [1.82, 2.24) is 0 Å². The van der Waals surface area contributed by atoms with E-state index < -0.39 is 0 Å². The van der Waals surface area contributed by atoms with Gasteiger partial charge >= 0.3 is 0 Å². The summed E-state index contributed by atoms with van der Waals surface area (Å²) >= 11 is 0. The molecule has 1 radical (unpaired) electrons. The van der Waals surface area contributed by atoms with Gasteiger partial charge in [-0.25, -0.2) is 0 Å². The Kier molecular flexibility index (Phi) is 9.33. The van der Waals surface area contributed by atoms with Crippen LogP contribution < -0.4 is 0 Å². The van der Waals surface area contributed by atoms with Gasteiger partial charge in [0.1, 0.15) is 0 Å². The molecule has 2 heteroatoms. The Balaban J connectivity index is 0.00000208. The van der Waals surface area contributed by atoms with E-state index in [1.807, 2.05) is 7.11 Å². The van der Waals surface area contributed by atoms with Crippen LogP contribution in [0.15, 0.2) is 0 Å². The average Bonchev–Trinajstić information content (AvgIpc) is 2.61. The Bertz CT molecular complexity index is 399. The predicted octanol–water partition coefficient (Wildman–Crippen LogP) is 5.64. The van der Waals surface area contributed by atoms with E-state index in [0.717, 1.165) is 24.2 Å². The van der Waals surface area contributed by atoms with Gasteiger partial charge in [-0.15, -0.1) is 17.8 Å². The molecule has 3 rings (SSSR count). The zero-order valence-corrected chi connectivity index (χ0v) is 18.6. The van der Waals surface area contributed by atoms with E-state index >= 15 is 0 Å². The van der Waals surface area contributed by atoms with Crippen molar-refractivity contribution in [2.45, 2.75) is 83.7 Å². The van der Waals surface area contributed by atoms with Crippen molar-refractivity contribution in [1.29, 1.82) is 0 Å². The van der Waals surface area contributed by atoms with Crippen LogP contribution in [-0.4, -0.2) is 13.2 Å². The average molecular weight is 404 g/mol. The molecule has 0 bridgehead atoms. The Morgan fingerprint density at radius 1 is 0.792 bits per heavy atom. The van der Waals surface area contributed by atoms with Crippen LogP contribution in [-0.2, 0) is 37.4 Å². The molecule has 0 aromatic rings. The van der Waals surface area contributed by atoms with Gasteiger partial charge in [0.15, 0.2) is 0 Å². The van der Waals surface area contributed by atoms with E-state index in [4.69, 9.17) is 4.74 Å². The molecular weight excluding hydrogens is 369 g/mol. The summed E-state index contributed by atoms with van der Waals surface area (Å²) < 4.78 is 5.43. The SMILES string of the molecule is COC1C[CH-]C(C#CC2CCC(C3CCC(C)CC3)CC2)CC1.[Y]. The molecule has 3 saturated carbocycles. The van der Waals surface area contributed by atoms with Gasteiger partial charge in [0.25, 0.3) is 0 Å². The summed E-state index contributed by atoms with van der Waals surface area (Å²) in [4.78, 5) is 0. The van der Waals surface area contributed by atoms with Gasteiger partial charge in [-0.2, -0.15) is 6.42 Å². The number of ether oxygens (including phenoxy) is 1. The van der Waals surface area contributed by atoms with Crippen LogP contribution in [0.4, 0.5) is 0 Å². The fourth-order valence-electron chi connectivity index (χ4n) is 4.98. The maximum atomic E-state index is 5.43. The fourth-order valence-corrected chi connectivity index (χ4v) is 4.98. The standard InChI is InChI=1S/C22H35O.Y/c1-17-3-11-20(12-4-17)21-13-7-18(8-14-21)5-6-19-9-15-22(23-2)16-10-19;/h9,17-22H,3-4,7-8,10-16H2,1-2H3;/q-1;. The third-order valence-electron chi connectivity index (χ3n) is 6.79. The second kappa shape index (κ2) is 10.7. The first-order chi connectivity index (χ1) is 11.2. The van der Waals surface area contributed by atoms with Crippen LogP contribution in [0.1, 0.15) is 77.6 Å². The summed E-state index contributed by atoms with van der Waals surface area (Å²) in [5, 5.41) is 0. The van der Waals surface area contributed by atoms with Crippen molar-refractivity contribution in [3.8, 4) is 11.8 Å². The summed E-state index contributed by atoms with van der Waals surface area (Å²) in [6.45, 7) is 2.43. The molecule has 0 aromatic heterocycles. The molecule has 2 atom stereocenters. The van der Waals surface area contributed by atoms with Gasteiger partial charge in [-0.3, -0.25) is 0 Å². The molecule has 0 heterocycles. The van der Waals surface area contributed by atoms with E-state index in [-0.39, 0.29) is 32.7 Å². The van der Waals surface area contributed by atoms with Crippen molar-refractivity contribution in [2.75, 3.05) is 7.11 Å². The van der Waals surface area contributed by atoms with Gasteiger partial charge in [-0.1, -0.05) is 26.2 Å². The van der Waals surface area contributed by atoms with Crippen molar-refractivity contribution in [3.05, 3.63) is 6.42 Å². The van der Waals surface area contributed by atoms with Gasteiger partial charge in [-0.05, 0) is 62.7 Å². The molecule has 2 unspecified atom stereocenters. The molecular formula is C22H35OY-. The first-order valence-electron chi connectivity index (χ1n) is 10.1. The van der Waals surface area contributed by atoms with E-state index in [0.29, 0.717) is 17.9 Å². The molecule has 0 saturated heterocycles.